The summed E-state index contributed by atoms with van der Waals surface area (Å²) in [6.45, 7) is 5.80. The van der Waals surface area contributed by atoms with E-state index < -0.39 is 0 Å². The van der Waals surface area contributed by atoms with Gasteiger partial charge in [-0.3, -0.25) is 0 Å². The second-order valence-corrected chi connectivity index (χ2v) is 4.46. The highest BCUT2D eigenvalue weighted by molar-refractivity contribution is 5.28. The van der Waals surface area contributed by atoms with E-state index in [0.717, 1.165) is 5.56 Å². The van der Waals surface area contributed by atoms with E-state index in [-0.39, 0.29) is 17.4 Å². The lowest BCUT2D eigenvalue weighted by atomic mass is 9.89. The molecule has 3 N–H and O–H groups in total. The molecule has 0 fully saturated rings. The van der Waals surface area contributed by atoms with Gasteiger partial charge in [0.15, 0.2) is 0 Å². The van der Waals surface area contributed by atoms with Gasteiger partial charge in [0.1, 0.15) is 5.82 Å². The minimum Gasteiger partial charge on any atom is -0.322 e. The van der Waals surface area contributed by atoms with Crippen molar-refractivity contribution in [1.29, 1.82) is 0 Å². The van der Waals surface area contributed by atoms with Crippen LogP contribution in [-0.4, -0.2) is 12.6 Å². The standard InChI is InChI=1S/C12H19FN2/c1-8-7-9(5-6-10(8)13)11(14)12(2,3)15-4/h5-7,11,15H,14H2,1-4H3. The Morgan fingerprint density at radius 1 is 1.40 bits per heavy atom. The van der Waals surface area contributed by atoms with Crippen LogP contribution in [0.3, 0.4) is 0 Å². The minimum atomic E-state index is -0.204. The highest BCUT2D eigenvalue weighted by atomic mass is 19.1. The number of aryl methyl sites for hydroxylation is 1. The Morgan fingerprint density at radius 2 is 2.00 bits per heavy atom. The average molecular weight is 210 g/mol. The van der Waals surface area contributed by atoms with Crippen molar-refractivity contribution in [2.24, 2.45) is 5.73 Å². The molecule has 0 bridgehead atoms. The van der Waals surface area contributed by atoms with E-state index in [1.807, 2.05) is 20.9 Å². The number of hydrogen-bond donors (Lipinski definition) is 2. The van der Waals surface area contributed by atoms with Crippen molar-refractivity contribution >= 4 is 0 Å². The summed E-state index contributed by atoms with van der Waals surface area (Å²) in [5.74, 6) is -0.187. The van der Waals surface area contributed by atoms with E-state index in [9.17, 15) is 4.39 Å². The molecular weight excluding hydrogens is 191 g/mol. The molecule has 0 aliphatic rings. The number of likely N-dealkylation sites (N-methyl/N-ethyl adjacent to an activating group) is 1. The topological polar surface area (TPSA) is 38.0 Å². The number of halogens is 1. The fraction of sp³-hybridized carbons (Fsp3) is 0.500. The maximum atomic E-state index is 13.1. The van der Waals surface area contributed by atoms with Crippen molar-refractivity contribution in [2.75, 3.05) is 7.05 Å². The monoisotopic (exact) mass is 210 g/mol. The molecule has 1 aromatic rings. The molecule has 15 heavy (non-hydrogen) atoms. The van der Waals surface area contributed by atoms with Gasteiger partial charge < -0.3 is 11.1 Å². The highest BCUT2D eigenvalue weighted by Crippen LogP contribution is 2.24. The zero-order valence-corrected chi connectivity index (χ0v) is 9.76. The molecule has 0 aliphatic heterocycles. The normalized spacial score (nSPS) is 14.0. The van der Waals surface area contributed by atoms with Gasteiger partial charge in [0.25, 0.3) is 0 Å². The Kier molecular flexibility index (Phi) is 3.47. The molecule has 0 saturated heterocycles. The van der Waals surface area contributed by atoms with Gasteiger partial charge in [-0.1, -0.05) is 12.1 Å². The number of benzene rings is 1. The van der Waals surface area contributed by atoms with E-state index in [1.165, 1.54) is 6.07 Å². The van der Waals surface area contributed by atoms with E-state index in [1.54, 1.807) is 19.1 Å². The molecule has 3 heteroatoms. The Balaban J connectivity index is 3.02. The zero-order valence-electron chi connectivity index (χ0n) is 9.76. The van der Waals surface area contributed by atoms with Gasteiger partial charge in [0, 0.05) is 11.6 Å². The summed E-state index contributed by atoms with van der Waals surface area (Å²) in [5.41, 5.74) is 7.50. The summed E-state index contributed by atoms with van der Waals surface area (Å²) in [4.78, 5) is 0. The van der Waals surface area contributed by atoms with Crippen LogP contribution >= 0.6 is 0 Å². The van der Waals surface area contributed by atoms with Gasteiger partial charge in [0.2, 0.25) is 0 Å². The van der Waals surface area contributed by atoms with Gasteiger partial charge in [-0.15, -0.1) is 0 Å². The summed E-state index contributed by atoms with van der Waals surface area (Å²) in [6, 6.07) is 4.86. The first kappa shape index (κ1) is 12.1. The van der Waals surface area contributed by atoms with Crippen LogP contribution in [0.1, 0.15) is 31.0 Å². The Morgan fingerprint density at radius 3 is 2.47 bits per heavy atom. The summed E-state index contributed by atoms with van der Waals surface area (Å²) >= 11 is 0. The van der Waals surface area contributed by atoms with Gasteiger partial charge in [-0.05, 0) is 45.0 Å². The van der Waals surface area contributed by atoms with E-state index in [0.29, 0.717) is 5.56 Å². The van der Waals surface area contributed by atoms with Gasteiger partial charge >= 0.3 is 0 Å². The first-order valence-electron chi connectivity index (χ1n) is 5.09. The Hall–Kier alpha value is -0.930. The molecule has 0 saturated carbocycles. The number of rotatable bonds is 3. The van der Waals surface area contributed by atoms with Crippen molar-refractivity contribution in [3.8, 4) is 0 Å². The SMILES string of the molecule is CNC(C)(C)C(N)c1ccc(F)c(C)c1. The van der Waals surface area contributed by atoms with Crippen LogP contribution in [-0.2, 0) is 0 Å². The van der Waals surface area contributed by atoms with Crippen LogP contribution in [0.2, 0.25) is 0 Å². The first-order valence-corrected chi connectivity index (χ1v) is 5.09. The van der Waals surface area contributed by atoms with Crippen molar-refractivity contribution in [1.82, 2.24) is 5.32 Å². The maximum absolute atomic E-state index is 13.1. The third-order valence-electron chi connectivity index (χ3n) is 2.96. The third-order valence-corrected chi connectivity index (χ3v) is 2.96. The summed E-state index contributed by atoms with van der Waals surface area (Å²) in [6.07, 6.45) is 0. The summed E-state index contributed by atoms with van der Waals surface area (Å²) in [5, 5.41) is 3.15. The molecule has 1 aromatic carbocycles. The van der Waals surface area contributed by atoms with E-state index in [2.05, 4.69) is 5.32 Å². The largest absolute Gasteiger partial charge is 0.322 e. The van der Waals surface area contributed by atoms with Crippen LogP contribution in [0.5, 0.6) is 0 Å². The van der Waals surface area contributed by atoms with Crippen LogP contribution in [0.4, 0.5) is 4.39 Å². The molecule has 0 aromatic heterocycles. The first-order chi connectivity index (χ1) is 6.88. The van der Waals surface area contributed by atoms with Crippen LogP contribution in [0.15, 0.2) is 18.2 Å². The molecule has 1 atom stereocenters. The number of hydrogen-bond acceptors (Lipinski definition) is 2. The number of nitrogens with one attached hydrogen (secondary N) is 1. The predicted octanol–water partition coefficient (Wildman–Crippen LogP) is 2.13. The van der Waals surface area contributed by atoms with Gasteiger partial charge in [-0.2, -0.15) is 0 Å². The van der Waals surface area contributed by atoms with E-state index >= 15 is 0 Å². The van der Waals surface area contributed by atoms with Crippen LogP contribution in [0, 0.1) is 12.7 Å². The van der Waals surface area contributed by atoms with Crippen LogP contribution in [0.25, 0.3) is 0 Å². The lowest BCUT2D eigenvalue weighted by molar-refractivity contribution is 0.348. The highest BCUT2D eigenvalue weighted by Gasteiger charge is 2.25. The maximum Gasteiger partial charge on any atom is 0.126 e. The van der Waals surface area contributed by atoms with Gasteiger partial charge in [0.05, 0.1) is 0 Å². The Bertz CT molecular complexity index is 347. The summed E-state index contributed by atoms with van der Waals surface area (Å²) < 4.78 is 13.1. The molecule has 0 spiro atoms. The van der Waals surface area contributed by atoms with Crippen molar-refractivity contribution < 1.29 is 4.39 Å². The molecule has 0 amide bonds. The van der Waals surface area contributed by atoms with Crippen molar-refractivity contribution in [3.63, 3.8) is 0 Å². The minimum absolute atomic E-state index is 0.151. The smallest absolute Gasteiger partial charge is 0.126 e. The molecule has 0 heterocycles. The van der Waals surface area contributed by atoms with Gasteiger partial charge in [-0.25, -0.2) is 4.39 Å². The summed E-state index contributed by atoms with van der Waals surface area (Å²) in [7, 11) is 1.87. The van der Waals surface area contributed by atoms with Crippen molar-refractivity contribution in [3.05, 3.63) is 35.1 Å². The molecule has 2 nitrogen and oxygen atoms in total. The molecule has 0 aliphatic carbocycles. The van der Waals surface area contributed by atoms with E-state index in [4.69, 9.17) is 5.73 Å². The predicted molar refractivity (Wildman–Crippen MR) is 61.2 cm³/mol. The second-order valence-electron chi connectivity index (χ2n) is 4.46. The fourth-order valence-corrected chi connectivity index (χ4v) is 1.43. The van der Waals surface area contributed by atoms with Crippen LogP contribution < -0.4 is 11.1 Å². The second kappa shape index (κ2) is 4.29. The molecular formula is C12H19FN2. The number of nitrogens with two attached hydrogens (primary N) is 1. The quantitative estimate of drug-likeness (QED) is 0.802. The van der Waals surface area contributed by atoms with Crippen molar-refractivity contribution in [2.45, 2.75) is 32.4 Å². The fourth-order valence-electron chi connectivity index (χ4n) is 1.43. The third kappa shape index (κ3) is 2.55. The molecule has 1 rings (SSSR count). The molecule has 84 valence electrons. The molecule has 1 unspecified atom stereocenters. The zero-order chi connectivity index (χ0) is 11.6. The average Bonchev–Trinajstić information content (AvgIpc) is 2.21. The lowest BCUT2D eigenvalue weighted by Gasteiger charge is -2.31. The Labute approximate surface area is 90.7 Å². The lowest BCUT2D eigenvalue weighted by Crippen LogP contribution is -2.46. The molecule has 0 radical (unpaired) electrons.